The van der Waals surface area contributed by atoms with Gasteiger partial charge in [-0.25, -0.2) is 4.68 Å². The zero-order chi connectivity index (χ0) is 25.5. The van der Waals surface area contributed by atoms with Crippen molar-refractivity contribution >= 4 is 16.8 Å². The molecule has 192 valence electrons. The number of nitrogens with zero attached hydrogens (tertiary/aromatic N) is 6. The Hall–Kier alpha value is -3.79. The predicted molar refractivity (Wildman–Crippen MR) is 137 cm³/mol. The minimum atomic E-state index is -0.425. The van der Waals surface area contributed by atoms with E-state index in [-0.39, 0.29) is 17.5 Å². The number of benzene rings is 1. The first-order valence-electron chi connectivity index (χ1n) is 13.0. The molecule has 4 heterocycles. The number of furan rings is 1. The molecule has 1 aromatic carbocycles. The van der Waals surface area contributed by atoms with Gasteiger partial charge in [0.2, 0.25) is 0 Å². The highest BCUT2D eigenvalue weighted by atomic mass is 16.3. The molecule has 0 bridgehead atoms. The third-order valence-electron chi connectivity index (χ3n) is 7.91. The Labute approximate surface area is 214 Å². The van der Waals surface area contributed by atoms with Crippen molar-refractivity contribution in [2.75, 3.05) is 26.2 Å². The van der Waals surface area contributed by atoms with Crippen LogP contribution in [0.3, 0.4) is 0 Å². The van der Waals surface area contributed by atoms with Gasteiger partial charge in [0.1, 0.15) is 6.04 Å². The maximum atomic E-state index is 13.5. The van der Waals surface area contributed by atoms with Crippen molar-refractivity contribution in [2.45, 2.75) is 51.6 Å². The number of aryl methyl sites for hydroxylation is 2. The Kier molecular flexibility index (Phi) is 6.11. The fraction of sp³-hybridized carbons (Fsp3) is 0.444. The number of fused-ring (bicyclic) bond motifs is 1. The zero-order valence-electron chi connectivity index (χ0n) is 21.2. The Morgan fingerprint density at radius 1 is 1.08 bits per heavy atom. The van der Waals surface area contributed by atoms with E-state index in [1.807, 2.05) is 23.7 Å². The van der Waals surface area contributed by atoms with E-state index >= 15 is 0 Å². The lowest BCUT2D eigenvalue weighted by molar-refractivity contribution is 0.0557. The molecular weight excluding hydrogens is 470 g/mol. The third-order valence-corrected chi connectivity index (χ3v) is 7.91. The Balaban J connectivity index is 1.39. The third kappa shape index (κ3) is 4.35. The number of carbonyl (C=O) groups excluding carboxylic acids is 1. The molecule has 4 aromatic rings. The normalized spacial score (nSPS) is 18.1. The van der Waals surface area contributed by atoms with Gasteiger partial charge in [-0.2, -0.15) is 0 Å². The number of hydrogen-bond acceptors (Lipinski definition) is 7. The van der Waals surface area contributed by atoms with E-state index in [0.717, 1.165) is 42.1 Å². The predicted octanol–water partition coefficient (Wildman–Crippen LogP) is 3.39. The molecule has 0 spiro atoms. The van der Waals surface area contributed by atoms with Crippen LogP contribution in [0.5, 0.6) is 0 Å². The standard InChI is InChI=1S/C27H31N7O3/c1-17-14-19-16-21(26(35)28-22(19)15-18(17)2)24(25-29-30-31-34(25)20-6-3-4-7-20)32-9-11-33(12-10-32)27(36)23-8-5-13-37-23/h5,8,13-16,20,24H,3-4,6-7,9-12H2,1-2H3,(H,28,35). The Bertz CT molecular complexity index is 1480. The molecule has 10 heteroatoms. The number of pyridine rings is 1. The molecular formula is C27H31N7O3. The number of aromatic amines is 1. The molecule has 1 saturated heterocycles. The molecule has 2 fully saturated rings. The molecule has 3 aromatic heterocycles. The summed E-state index contributed by atoms with van der Waals surface area (Å²) >= 11 is 0. The van der Waals surface area contributed by atoms with E-state index in [1.54, 1.807) is 17.0 Å². The molecule has 0 radical (unpaired) electrons. The molecule has 37 heavy (non-hydrogen) atoms. The number of piperazine rings is 1. The monoisotopic (exact) mass is 501 g/mol. The molecule has 1 unspecified atom stereocenters. The van der Waals surface area contributed by atoms with Crippen LogP contribution in [0.1, 0.15) is 70.8 Å². The van der Waals surface area contributed by atoms with Crippen LogP contribution in [-0.2, 0) is 0 Å². The second kappa shape index (κ2) is 9.59. The summed E-state index contributed by atoms with van der Waals surface area (Å²) < 4.78 is 7.25. The molecule has 1 saturated carbocycles. The summed E-state index contributed by atoms with van der Waals surface area (Å²) in [5.41, 5.74) is 3.60. The van der Waals surface area contributed by atoms with E-state index in [0.29, 0.717) is 43.3 Å². The van der Waals surface area contributed by atoms with Crippen LogP contribution in [0.2, 0.25) is 0 Å². The molecule has 1 aliphatic carbocycles. The summed E-state index contributed by atoms with van der Waals surface area (Å²) in [6.45, 7) is 6.32. The van der Waals surface area contributed by atoms with Crippen molar-refractivity contribution < 1.29 is 9.21 Å². The smallest absolute Gasteiger partial charge is 0.289 e. The molecule has 10 nitrogen and oxygen atoms in total. The van der Waals surface area contributed by atoms with Crippen molar-refractivity contribution in [1.82, 2.24) is 35.0 Å². The topological polar surface area (TPSA) is 113 Å². The number of hydrogen-bond donors (Lipinski definition) is 1. The lowest BCUT2D eigenvalue weighted by Crippen LogP contribution is -2.50. The number of amides is 1. The second-order valence-electron chi connectivity index (χ2n) is 10.2. The zero-order valence-corrected chi connectivity index (χ0v) is 21.2. The Morgan fingerprint density at radius 2 is 1.84 bits per heavy atom. The van der Waals surface area contributed by atoms with Gasteiger partial charge in [-0.3, -0.25) is 14.5 Å². The van der Waals surface area contributed by atoms with Crippen LogP contribution in [0.15, 0.2) is 45.8 Å². The van der Waals surface area contributed by atoms with Crippen LogP contribution in [-0.4, -0.2) is 67.1 Å². The highest BCUT2D eigenvalue weighted by molar-refractivity contribution is 5.91. The number of nitrogens with one attached hydrogen (secondary N) is 1. The molecule has 6 rings (SSSR count). The summed E-state index contributed by atoms with van der Waals surface area (Å²) in [7, 11) is 0. The van der Waals surface area contributed by atoms with Gasteiger partial charge in [0, 0.05) is 37.3 Å². The lowest BCUT2D eigenvalue weighted by Gasteiger charge is -2.38. The number of aromatic nitrogens is 5. The number of carbonyl (C=O) groups is 1. The second-order valence-corrected chi connectivity index (χ2v) is 10.2. The summed E-state index contributed by atoms with van der Waals surface area (Å²) in [6, 6.07) is 9.33. The van der Waals surface area contributed by atoms with Crippen molar-refractivity contribution in [2.24, 2.45) is 0 Å². The van der Waals surface area contributed by atoms with Crippen LogP contribution >= 0.6 is 0 Å². The number of rotatable bonds is 5. The van der Waals surface area contributed by atoms with Gasteiger partial charge in [-0.1, -0.05) is 12.8 Å². The van der Waals surface area contributed by atoms with Crippen molar-refractivity contribution in [1.29, 1.82) is 0 Å². The SMILES string of the molecule is Cc1cc2cc(C(c3nnnn3C3CCCC3)N3CCN(C(=O)c4ccco4)CC3)c(=O)[nH]c2cc1C. The lowest BCUT2D eigenvalue weighted by atomic mass is 10.00. The van der Waals surface area contributed by atoms with Gasteiger partial charge in [0.15, 0.2) is 11.6 Å². The van der Waals surface area contributed by atoms with Gasteiger partial charge in [0.25, 0.3) is 11.5 Å². The summed E-state index contributed by atoms with van der Waals surface area (Å²) in [5.74, 6) is 0.907. The molecule has 1 amide bonds. The minimum absolute atomic E-state index is 0.119. The van der Waals surface area contributed by atoms with Crippen molar-refractivity contribution in [3.63, 3.8) is 0 Å². The maximum Gasteiger partial charge on any atom is 0.289 e. The minimum Gasteiger partial charge on any atom is -0.459 e. The quantitative estimate of drug-likeness (QED) is 0.446. The maximum absolute atomic E-state index is 13.5. The van der Waals surface area contributed by atoms with Crippen LogP contribution in [0.25, 0.3) is 10.9 Å². The Morgan fingerprint density at radius 3 is 2.57 bits per heavy atom. The van der Waals surface area contributed by atoms with E-state index < -0.39 is 6.04 Å². The fourth-order valence-electron chi connectivity index (χ4n) is 5.72. The first-order valence-corrected chi connectivity index (χ1v) is 13.0. The number of H-pyrrole nitrogens is 1. The highest BCUT2D eigenvalue weighted by Crippen LogP contribution is 2.34. The van der Waals surface area contributed by atoms with Gasteiger partial charge in [-0.15, -0.1) is 5.10 Å². The van der Waals surface area contributed by atoms with Gasteiger partial charge >= 0.3 is 0 Å². The van der Waals surface area contributed by atoms with Crippen LogP contribution in [0, 0.1) is 13.8 Å². The molecule has 1 aliphatic heterocycles. The average molecular weight is 502 g/mol. The fourth-order valence-corrected chi connectivity index (χ4v) is 5.72. The van der Waals surface area contributed by atoms with Gasteiger partial charge in [0.05, 0.1) is 12.3 Å². The number of tetrazole rings is 1. The van der Waals surface area contributed by atoms with Crippen molar-refractivity contribution in [3.8, 4) is 0 Å². The highest BCUT2D eigenvalue weighted by Gasteiger charge is 2.35. The summed E-state index contributed by atoms with van der Waals surface area (Å²) in [4.78, 5) is 33.5. The van der Waals surface area contributed by atoms with E-state index in [2.05, 4.69) is 38.4 Å². The van der Waals surface area contributed by atoms with E-state index in [9.17, 15) is 9.59 Å². The van der Waals surface area contributed by atoms with Crippen LogP contribution in [0.4, 0.5) is 0 Å². The van der Waals surface area contributed by atoms with Crippen molar-refractivity contribution in [3.05, 3.63) is 75.2 Å². The first-order chi connectivity index (χ1) is 18.0. The van der Waals surface area contributed by atoms with Gasteiger partial charge < -0.3 is 14.3 Å². The first kappa shape index (κ1) is 23.6. The molecule has 1 atom stereocenters. The van der Waals surface area contributed by atoms with E-state index in [1.165, 1.54) is 11.8 Å². The summed E-state index contributed by atoms with van der Waals surface area (Å²) in [6.07, 6.45) is 5.87. The van der Waals surface area contributed by atoms with E-state index in [4.69, 9.17) is 4.42 Å². The van der Waals surface area contributed by atoms with Crippen LogP contribution < -0.4 is 5.56 Å². The largest absolute Gasteiger partial charge is 0.459 e. The average Bonchev–Trinajstić information content (AvgIpc) is 3.68. The summed E-state index contributed by atoms with van der Waals surface area (Å²) in [5, 5.41) is 13.9. The molecule has 2 aliphatic rings. The van der Waals surface area contributed by atoms with Gasteiger partial charge in [-0.05, 0) is 84.0 Å². The molecule has 1 N–H and O–H groups in total.